The smallest absolute Gasteiger partial charge is 0.228 e. The third-order valence-electron chi connectivity index (χ3n) is 3.89. The van der Waals surface area contributed by atoms with E-state index < -0.39 is 6.86 Å². The molecule has 2 heterocycles. The van der Waals surface area contributed by atoms with Crippen LogP contribution >= 0.6 is 23.2 Å². The molecule has 2 aromatic carbocycles. The summed E-state index contributed by atoms with van der Waals surface area (Å²) in [5.74, 6) is 1.22. The van der Waals surface area contributed by atoms with Gasteiger partial charge in [0.2, 0.25) is 12.7 Å². The highest BCUT2D eigenvalue weighted by Gasteiger charge is 2.12. The molecule has 0 radical (unpaired) electrons. The summed E-state index contributed by atoms with van der Waals surface area (Å²) < 4.78 is 23.0. The first kappa shape index (κ1) is 17.6. The number of fused-ring (bicyclic) bond motifs is 1. The highest BCUT2D eigenvalue weighted by molar-refractivity contribution is 6.32. The predicted octanol–water partition coefficient (Wildman–Crippen LogP) is 4.84. The minimum atomic E-state index is -0.951. The summed E-state index contributed by atoms with van der Waals surface area (Å²) in [6.07, 6.45) is 0. The van der Waals surface area contributed by atoms with Crippen LogP contribution in [0.15, 0.2) is 40.8 Å². The Bertz CT molecular complexity index is 1080. The molecule has 2 aromatic heterocycles. The largest absolute Gasteiger partial charge is 0.461 e. The summed E-state index contributed by atoms with van der Waals surface area (Å²) in [6, 6.07) is 10.5. The fraction of sp³-hybridized carbons (Fsp3) is 0.118. The molecule has 0 atom stereocenters. The van der Waals surface area contributed by atoms with Crippen molar-refractivity contribution in [2.24, 2.45) is 0 Å². The quantitative estimate of drug-likeness (QED) is 0.475. The van der Waals surface area contributed by atoms with Gasteiger partial charge in [0.1, 0.15) is 11.3 Å². The van der Waals surface area contributed by atoms with Crippen LogP contribution in [-0.4, -0.2) is 27.5 Å². The summed E-state index contributed by atoms with van der Waals surface area (Å²) in [5.41, 5.74) is 2.19. The lowest BCUT2D eigenvalue weighted by Crippen LogP contribution is -2.01. The Morgan fingerprint density at radius 1 is 1.15 bits per heavy atom. The molecule has 7 nitrogen and oxygen atoms in total. The molecule has 10 heteroatoms. The van der Waals surface area contributed by atoms with Gasteiger partial charge in [-0.1, -0.05) is 23.2 Å². The molecule has 0 fully saturated rings. The molecule has 0 spiro atoms. The standard InChI is InChI=1S/C17H12Cl2FN5O2/c18-12-2-1-11(6-15(12)26-8-20)21-7-10-5-14-9(3-13(10)19)4-16(27-14)17-22-24-25-23-17/h1-6,21H,7-8H2,(H,22,23,24,25). The monoisotopic (exact) mass is 407 g/mol. The molecule has 0 aliphatic heterocycles. The third-order valence-corrected chi connectivity index (χ3v) is 4.55. The molecular weight excluding hydrogens is 396 g/mol. The molecule has 2 N–H and O–H groups in total. The Hall–Kier alpha value is -2.84. The van der Waals surface area contributed by atoms with Gasteiger partial charge in [-0.25, -0.2) is 9.49 Å². The normalized spacial score (nSPS) is 11.1. The number of hydrogen-bond acceptors (Lipinski definition) is 6. The molecule has 0 bridgehead atoms. The van der Waals surface area contributed by atoms with Crippen molar-refractivity contribution in [3.8, 4) is 17.3 Å². The first-order valence-corrected chi connectivity index (χ1v) is 8.58. The molecule has 27 heavy (non-hydrogen) atoms. The van der Waals surface area contributed by atoms with Gasteiger partial charge in [-0.05, 0) is 46.3 Å². The lowest BCUT2D eigenvalue weighted by Gasteiger charge is -2.11. The molecular formula is C17H12Cl2FN5O2. The van der Waals surface area contributed by atoms with E-state index in [1.807, 2.05) is 12.1 Å². The van der Waals surface area contributed by atoms with E-state index in [1.165, 1.54) is 0 Å². The van der Waals surface area contributed by atoms with Gasteiger partial charge in [0.15, 0.2) is 5.76 Å². The number of ether oxygens (including phenoxy) is 1. The number of tetrazole rings is 1. The number of hydrogen-bond donors (Lipinski definition) is 2. The van der Waals surface area contributed by atoms with E-state index in [0.717, 1.165) is 10.9 Å². The number of alkyl halides is 1. The van der Waals surface area contributed by atoms with E-state index in [2.05, 4.69) is 25.9 Å². The van der Waals surface area contributed by atoms with Gasteiger partial charge in [-0.2, -0.15) is 0 Å². The van der Waals surface area contributed by atoms with Crippen molar-refractivity contribution >= 4 is 39.9 Å². The van der Waals surface area contributed by atoms with Gasteiger partial charge in [0, 0.05) is 28.7 Å². The first-order chi connectivity index (χ1) is 13.1. The van der Waals surface area contributed by atoms with Crippen LogP contribution in [0, 0.1) is 0 Å². The zero-order valence-corrected chi connectivity index (χ0v) is 15.2. The van der Waals surface area contributed by atoms with Crippen LogP contribution in [0.1, 0.15) is 5.56 Å². The molecule has 0 unspecified atom stereocenters. The fourth-order valence-corrected chi connectivity index (χ4v) is 3.01. The Morgan fingerprint density at radius 3 is 2.81 bits per heavy atom. The van der Waals surface area contributed by atoms with E-state index in [9.17, 15) is 4.39 Å². The number of aromatic nitrogens is 4. The lowest BCUT2D eigenvalue weighted by molar-refractivity contribution is 0.192. The van der Waals surface area contributed by atoms with Crippen LogP contribution in [0.2, 0.25) is 10.0 Å². The molecule has 0 aliphatic rings. The fourth-order valence-electron chi connectivity index (χ4n) is 2.60. The van der Waals surface area contributed by atoms with Crippen molar-refractivity contribution < 1.29 is 13.5 Å². The number of halogens is 3. The number of H-pyrrole nitrogens is 1. The minimum Gasteiger partial charge on any atom is -0.461 e. The highest BCUT2D eigenvalue weighted by Crippen LogP contribution is 2.31. The maximum absolute atomic E-state index is 12.4. The van der Waals surface area contributed by atoms with Crippen molar-refractivity contribution in [1.82, 2.24) is 20.6 Å². The molecule has 0 amide bonds. The number of furan rings is 1. The second-order valence-electron chi connectivity index (χ2n) is 5.59. The van der Waals surface area contributed by atoms with Crippen LogP contribution in [0.25, 0.3) is 22.6 Å². The summed E-state index contributed by atoms with van der Waals surface area (Å²) in [5, 5.41) is 18.5. The van der Waals surface area contributed by atoms with Gasteiger partial charge in [0.05, 0.1) is 5.02 Å². The van der Waals surface area contributed by atoms with Gasteiger partial charge >= 0.3 is 0 Å². The van der Waals surface area contributed by atoms with Crippen molar-refractivity contribution in [3.05, 3.63) is 52.0 Å². The Labute approximate surface area is 162 Å². The Morgan fingerprint density at radius 2 is 2.04 bits per heavy atom. The van der Waals surface area contributed by atoms with Crippen molar-refractivity contribution in [2.45, 2.75) is 6.54 Å². The summed E-state index contributed by atoms with van der Waals surface area (Å²) in [6.45, 7) is -0.529. The van der Waals surface area contributed by atoms with Crippen LogP contribution in [-0.2, 0) is 6.54 Å². The van der Waals surface area contributed by atoms with Gasteiger partial charge in [-0.3, -0.25) is 0 Å². The Balaban J connectivity index is 1.57. The summed E-state index contributed by atoms with van der Waals surface area (Å²) in [4.78, 5) is 0. The average molecular weight is 408 g/mol. The second kappa shape index (κ2) is 7.42. The second-order valence-corrected chi connectivity index (χ2v) is 6.41. The summed E-state index contributed by atoms with van der Waals surface area (Å²) in [7, 11) is 0. The van der Waals surface area contributed by atoms with Crippen LogP contribution in [0.5, 0.6) is 5.75 Å². The van der Waals surface area contributed by atoms with Crippen molar-refractivity contribution in [2.75, 3.05) is 12.2 Å². The first-order valence-electron chi connectivity index (χ1n) is 7.82. The predicted molar refractivity (Wildman–Crippen MR) is 99.8 cm³/mol. The van der Waals surface area contributed by atoms with Gasteiger partial charge < -0.3 is 14.5 Å². The van der Waals surface area contributed by atoms with E-state index in [-0.39, 0.29) is 5.75 Å². The maximum atomic E-state index is 12.4. The maximum Gasteiger partial charge on any atom is 0.228 e. The zero-order chi connectivity index (χ0) is 18.8. The lowest BCUT2D eigenvalue weighted by atomic mass is 10.1. The molecule has 0 saturated carbocycles. The van der Waals surface area contributed by atoms with E-state index in [4.69, 9.17) is 32.4 Å². The number of aromatic amines is 1. The molecule has 4 aromatic rings. The highest BCUT2D eigenvalue weighted by atomic mass is 35.5. The number of benzene rings is 2. The molecule has 0 aliphatic carbocycles. The van der Waals surface area contributed by atoms with Crippen molar-refractivity contribution in [1.29, 1.82) is 0 Å². The number of nitrogens with one attached hydrogen (secondary N) is 2. The number of anilines is 1. The van der Waals surface area contributed by atoms with Crippen LogP contribution in [0.3, 0.4) is 0 Å². The van der Waals surface area contributed by atoms with E-state index >= 15 is 0 Å². The average Bonchev–Trinajstić information content (AvgIpc) is 3.31. The summed E-state index contributed by atoms with van der Waals surface area (Å²) >= 11 is 12.3. The topological polar surface area (TPSA) is 88.9 Å². The molecule has 138 valence electrons. The van der Waals surface area contributed by atoms with Crippen LogP contribution in [0.4, 0.5) is 10.1 Å². The number of nitrogens with zero attached hydrogens (tertiary/aromatic N) is 3. The van der Waals surface area contributed by atoms with Crippen molar-refractivity contribution in [3.63, 3.8) is 0 Å². The van der Waals surface area contributed by atoms with E-state index in [1.54, 1.807) is 24.3 Å². The van der Waals surface area contributed by atoms with Gasteiger partial charge in [-0.15, -0.1) is 5.10 Å². The minimum absolute atomic E-state index is 0.266. The zero-order valence-electron chi connectivity index (χ0n) is 13.7. The van der Waals surface area contributed by atoms with Crippen LogP contribution < -0.4 is 10.1 Å². The number of rotatable bonds is 6. The third kappa shape index (κ3) is 3.67. The molecule has 4 rings (SSSR count). The van der Waals surface area contributed by atoms with Gasteiger partial charge in [0.25, 0.3) is 0 Å². The van der Waals surface area contributed by atoms with E-state index in [0.29, 0.717) is 39.4 Å². The molecule has 0 saturated heterocycles. The Kier molecular flexibility index (Phi) is 4.83. The SMILES string of the molecule is FCOc1cc(NCc2cc3oc(-c4nnn[nH]4)cc3cc2Cl)ccc1Cl.